The average molecular weight is 299 g/mol. The van der Waals surface area contributed by atoms with Crippen LogP contribution in [0.1, 0.15) is 10.8 Å². The predicted molar refractivity (Wildman–Crippen MR) is 86.7 cm³/mol. The van der Waals surface area contributed by atoms with Gasteiger partial charge in [-0.25, -0.2) is 4.98 Å². The number of H-pyrrole nitrogens is 1. The molecular weight excluding hydrogens is 282 g/mol. The van der Waals surface area contributed by atoms with Crippen LogP contribution >= 0.6 is 11.8 Å². The summed E-state index contributed by atoms with van der Waals surface area (Å²) in [7, 11) is 1.67. The second kappa shape index (κ2) is 6.20. The first-order valence-corrected chi connectivity index (χ1v) is 7.63. The third kappa shape index (κ3) is 3.04. The van der Waals surface area contributed by atoms with Gasteiger partial charge in [-0.3, -0.25) is 0 Å². The number of aromatic amines is 1. The molecule has 1 aromatic heterocycles. The first-order chi connectivity index (χ1) is 10.3. The van der Waals surface area contributed by atoms with E-state index in [1.54, 1.807) is 18.9 Å². The molecule has 1 unspecified atom stereocenters. The molecule has 0 fully saturated rings. The maximum absolute atomic E-state index is 5.92. The van der Waals surface area contributed by atoms with Gasteiger partial charge in [-0.15, -0.1) is 0 Å². The van der Waals surface area contributed by atoms with E-state index in [0.717, 1.165) is 21.9 Å². The van der Waals surface area contributed by atoms with Crippen LogP contribution in [0.25, 0.3) is 11.0 Å². The highest BCUT2D eigenvalue weighted by molar-refractivity contribution is 7.99. The summed E-state index contributed by atoms with van der Waals surface area (Å²) in [5.41, 5.74) is 9.12. The van der Waals surface area contributed by atoms with Gasteiger partial charge in [0.25, 0.3) is 0 Å². The standard InChI is InChI=1S/C16H17N3OS/c1-20-12-8-6-11(7-9-12)15(10-17)21-16-18-13-4-2-3-5-14(13)19-16/h2-9,15H,10,17H2,1H3,(H,18,19). The largest absolute Gasteiger partial charge is 0.497 e. The number of nitrogens with zero attached hydrogens (tertiary/aromatic N) is 1. The number of methoxy groups -OCH3 is 1. The van der Waals surface area contributed by atoms with E-state index in [0.29, 0.717) is 6.54 Å². The van der Waals surface area contributed by atoms with Crippen molar-refractivity contribution < 1.29 is 4.74 Å². The van der Waals surface area contributed by atoms with Gasteiger partial charge in [0.05, 0.1) is 18.1 Å². The van der Waals surface area contributed by atoms with Crippen molar-refractivity contribution in [1.82, 2.24) is 9.97 Å². The third-order valence-electron chi connectivity index (χ3n) is 3.32. The fourth-order valence-corrected chi connectivity index (χ4v) is 3.17. The van der Waals surface area contributed by atoms with Crippen LogP contribution in [-0.4, -0.2) is 23.6 Å². The molecule has 0 spiro atoms. The Bertz CT molecular complexity index is 691. The average Bonchev–Trinajstić information content (AvgIpc) is 2.95. The van der Waals surface area contributed by atoms with E-state index in [1.165, 1.54) is 5.56 Å². The summed E-state index contributed by atoms with van der Waals surface area (Å²) in [5.74, 6) is 0.850. The number of hydrogen-bond donors (Lipinski definition) is 2. The van der Waals surface area contributed by atoms with Crippen molar-refractivity contribution in [3.05, 3.63) is 54.1 Å². The number of rotatable bonds is 5. The van der Waals surface area contributed by atoms with E-state index in [1.807, 2.05) is 48.5 Å². The second-order valence-electron chi connectivity index (χ2n) is 4.67. The van der Waals surface area contributed by atoms with E-state index in [2.05, 4.69) is 9.97 Å². The summed E-state index contributed by atoms with van der Waals surface area (Å²) in [6.07, 6.45) is 0. The van der Waals surface area contributed by atoms with Crippen LogP contribution < -0.4 is 10.5 Å². The molecule has 2 aromatic carbocycles. The van der Waals surface area contributed by atoms with E-state index >= 15 is 0 Å². The summed E-state index contributed by atoms with van der Waals surface area (Å²) >= 11 is 1.65. The fraction of sp³-hybridized carbons (Fsp3) is 0.188. The molecule has 0 aliphatic rings. The van der Waals surface area contributed by atoms with Crippen molar-refractivity contribution in [2.45, 2.75) is 10.4 Å². The summed E-state index contributed by atoms with van der Waals surface area (Å²) in [6.45, 7) is 0.550. The molecule has 21 heavy (non-hydrogen) atoms. The van der Waals surface area contributed by atoms with Gasteiger partial charge in [-0.2, -0.15) is 0 Å². The number of imidazole rings is 1. The summed E-state index contributed by atoms with van der Waals surface area (Å²) in [6, 6.07) is 16.0. The Morgan fingerprint density at radius 1 is 1.19 bits per heavy atom. The number of nitrogens with one attached hydrogen (secondary N) is 1. The SMILES string of the molecule is COc1ccc(C(CN)Sc2nc3ccccc3[nH]2)cc1. The van der Waals surface area contributed by atoms with Gasteiger partial charge < -0.3 is 15.5 Å². The monoisotopic (exact) mass is 299 g/mol. The zero-order valence-corrected chi connectivity index (χ0v) is 12.6. The first kappa shape index (κ1) is 14.0. The van der Waals surface area contributed by atoms with Crippen LogP contribution in [-0.2, 0) is 0 Å². The lowest BCUT2D eigenvalue weighted by molar-refractivity contribution is 0.414. The Labute approximate surface area is 127 Å². The van der Waals surface area contributed by atoms with Crippen LogP contribution in [0.5, 0.6) is 5.75 Å². The van der Waals surface area contributed by atoms with E-state index < -0.39 is 0 Å². The van der Waals surface area contributed by atoms with Gasteiger partial charge in [0.15, 0.2) is 5.16 Å². The highest BCUT2D eigenvalue weighted by Crippen LogP contribution is 2.34. The minimum Gasteiger partial charge on any atom is -0.497 e. The molecule has 0 radical (unpaired) electrons. The van der Waals surface area contributed by atoms with Crippen LogP contribution in [0.4, 0.5) is 0 Å². The molecule has 0 saturated heterocycles. The lowest BCUT2D eigenvalue weighted by atomic mass is 10.1. The van der Waals surface area contributed by atoms with Crippen molar-refractivity contribution in [2.75, 3.05) is 13.7 Å². The molecule has 3 N–H and O–H groups in total. The van der Waals surface area contributed by atoms with E-state index in [9.17, 15) is 0 Å². The zero-order valence-electron chi connectivity index (χ0n) is 11.7. The highest BCUT2D eigenvalue weighted by Gasteiger charge is 2.14. The Morgan fingerprint density at radius 3 is 2.62 bits per heavy atom. The van der Waals surface area contributed by atoms with Crippen LogP contribution in [0.15, 0.2) is 53.7 Å². The normalized spacial score (nSPS) is 12.5. The van der Waals surface area contributed by atoms with Crippen molar-refractivity contribution in [3.63, 3.8) is 0 Å². The molecule has 1 atom stereocenters. The molecule has 0 amide bonds. The van der Waals surface area contributed by atoms with E-state index in [-0.39, 0.29) is 5.25 Å². The topological polar surface area (TPSA) is 63.9 Å². The molecule has 0 aliphatic heterocycles. The minimum absolute atomic E-state index is 0.163. The Balaban J connectivity index is 1.82. The first-order valence-electron chi connectivity index (χ1n) is 6.75. The molecule has 0 saturated carbocycles. The lowest BCUT2D eigenvalue weighted by Crippen LogP contribution is -2.09. The lowest BCUT2D eigenvalue weighted by Gasteiger charge is -2.13. The van der Waals surface area contributed by atoms with Gasteiger partial charge in [-0.1, -0.05) is 36.0 Å². The van der Waals surface area contributed by atoms with Crippen LogP contribution in [0.2, 0.25) is 0 Å². The van der Waals surface area contributed by atoms with Gasteiger partial charge in [0.2, 0.25) is 0 Å². The Kier molecular flexibility index (Phi) is 4.13. The summed E-state index contributed by atoms with van der Waals surface area (Å²) < 4.78 is 5.18. The molecule has 0 aliphatic carbocycles. The number of hydrogen-bond acceptors (Lipinski definition) is 4. The number of thioether (sulfide) groups is 1. The molecule has 4 nitrogen and oxygen atoms in total. The van der Waals surface area contributed by atoms with Crippen molar-refractivity contribution in [3.8, 4) is 5.75 Å². The van der Waals surface area contributed by atoms with Gasteiger partial charge >= 0.3 is 0 Å². The van der Waals surface area contributed by atoms with Gasteiger partial charge in [0, 0.05) is 11.8 Å². The highest BCUT2D eigenvalue weighted by atomic mass is 32.2. The molecule has 108 valence electrons. The Morgan fingerprint density at radius 2 is 1.95 bits per heavy atom. The number of para-hydroxylation sites is 2. The molecule has 1 heterocycles. The number of ether oxygens (including phenoxy) is 1. The van der Waals surface area contributed by atoms with Crippen LogP contribution in [0.3, 0.4) is 0 Å². The summed E-state index contributed by atoms with van der Waals surface area (Å²) in [4.78, 5) is 7.91. The molecular formula is C16H17N3OS. The zero-order chi connectivity index (χ0) is 14.7. The quantitative estimate of drug-likeness (QED) is 0.709. The van der Waals surface area contributed by atoms with E-state index in [4.69, 9.17) is 10.5 Å². The smallest absolute Gasteiger partial charge is 0.167 e. The number of nitrogens with two attached hydrogens (primary N) is 1. The van der Waals surface area contributed by atoms with Gasteiger partial charge in [0.1, 0.15) is 5.75 Å². The van der Waals surface area contributed by atoms with Gasteiger partial charge in [-0.05, 0) is 29.8 Å². The van der Waals surface area contributed by atoms with Crippen molar-refractivity contribution in [1.29, 1.82) is 0 Å². The fourth-order valence-electron chi connectivity index (χ4n) is 2.19. The maximum atomic E-state index is 5.92. The molecule has 0 bridgehead atoms. The Hall–Kier alpha value is -1.98. The molecule has 5 heteroatoms. The maximum Gasteiger partial charge on any atom is 0.167 e. The number of fused-ring (bicyclic) bond motifs is 1. The summed E-state index contributed by atoms with van der Waals surface area (Å²) in [5, 5.41) is 1.05. The minimum atomic E-state index is 0.163. The second-order valence-corrected chi connectivity index (χ2v) is 5.87. The predicted octanol–water partition coefficient (Wildman–Crippen LogP) is 3.36. The number of aromatic nitrogens is 2. The van der Waals surface area contributed by atoms with Crippen molar-refractivity contribution in [2.24, 2.45) is 5.73 Å². The van der Waals surface area contributed by atoms with Crippen molar-refractivity contribution >= 4 is 22.8 Å². The van der Waals surface area contributed by atoms with Crippen LogP contribution in [0, 0.1) is 0 Å². The molecule has 3 aromatic rings. The third-order valence-corrected chi connectivity index (χ3v) is 4.49. The number of benzene rings is 2. The molecule has 3 rings (SSSR count).